The minimum Gasteiger partial charge on any atom is -0.495 e. The number of carbonyl (C=O) groups excluding carboxylic acids is 1. The number of benzene rings is 2. The van der Waals surface area contributed by atoms with Crippen LogP contribution in [0.3, 0.4) is 0 Å². The van der Waals surface area contributed by atoms with Gasteiger partial charge in [0.05, 0.1) is 12.8 Å². The molecule has 1 aliphatic heterocycles. The lowest BCUT2D eigenvalue weighted by atomic mass is 10.1. The SMILES string of the molecule is COc1cc(Cl)c(C)cc1N1CCN(C(=O)NCc2ccc(F)cc2)CC1. The maximum Gasteiger partial charge on any atom is 0.317 e. The quantitative estimate of drug-likeness (QED) is 0.861. The zero-order valence-electron chi connectivity index (χ0n) is 15.5. The summed E-state index contributed by atoms with van der Waals surface area (Å²) in [5.41, 5.74) is 2.85. The van der Waals surface area contributed by atoms with E-state index in [4.69, 9.17) is 16.3 Å². The Morgan fingerprint density at radius 1 is 1.19 bits per heavy atom. The van der Waals surface area contributed by atoms with E-state index in [9.17, 15) is 9.18 Å². The smallest absolute Gasteiger partial charge is 0.317 e. The molecule has 0 aromatic heterocycles. The molecule has 0 spiro atoms. The van der Waals surface area contributed by atoms with Crippen molar-refractivity contribution in [1.82, 2.24) is 10.2 Å². The fourth-order valence-corrected chi connectivity index (χ4v) is 3.25. The van der Waals surface area contributed by atoms with Gasteiger partial charge in [0.25, 0.3) is 0 Å². The lowest BCUT2D eigenvalue weighted by Gasteiger charge is -2.36. The van der Waals surface area contributed by atoms with Gasteiger partial charge in [0.1, 0.15) is 11.6 Å². The maximum absolute atomic E-state index is 12.9. The third-order valence-electron chi connectivity index (χ3n) is 4.72. The molecule has 3 rings (SSSR count). The monoisotopic (exact) mass is 391 g/mol. The van der Waals surface area contributed by atoms with Gasteiger partial charge in [-0.3, -0.25) is 0 Å². The second-order valence-electron chi connectivity index (χ2n) is 6.53. The minimum atomic E-state index is -0.283. The van der Waals surface area contributed by atoms with Crippen LogP contribution in [0.2, 0.25) is 5.02 Å². The Bertz CT molecular complexity index is 806. The number of aryl methyl sites for hydroxylation is 1. The highest BCUT2D eigenvalue weighted by atomic mass is 35.5. The molecule has 0 saturated carbocycles. The first-order valence-corrected chi connectivity index (χ1v) is 9.22. The van der Waals surface area contributed by atoms with Gasteiger partial charge >= 0.3 is 6.03 Å². The molecule has 0 bridgehead atoms. The Morgan fingerprint density at radius 3 is 2.48 bits per heavy atom. The molecule has 1 heterocycles. The van der Waals surface area contributed by atoms with Gasteiger partial charge in [-0.2, -0.15) is 0 Å². The zero-order chi connectivity index (χ0) is 19.4. The van der Waals surface area contributed by atoms with Crippen molar-refractivity contribution in [2.45, 2.75) is 13.5 Å². The second-order valence-corrected chi connectivity index (χ2v) is 6.94. The summed E-state index contributed by atoms with van der Waals surface area (Å²) in [6.45, 7) is 4.98. The molecule has 1 saturated heterocycles. The van der Waals surface area contributed by atoms with E-state index < -0.39 is 0 Å². The molecule has 2 amide bonds. The molecule has 0 atom stereocenters. The first kappa shape index (κ1) is 19.3. The van der Waals surface area contributed by atoms with Crippen LogP contribution in [-0.2, 0) is 6.54 Å². The van der Waals surface area contributed by atoms with Crippen LogP contribution in [0.15, 0.2) is 36.4 Å². The molecule has 7 heteroatoms. The first-order chi connectivity index (χ1) is 13.0. The number of methoxy groups -OCH3 is 1. The summed E-state index contributed by atoms with van der Waals surface area (Å²) < 4.78 is 18.4. The summed E-state index contributed by atoms with van der Waals surface area (Å²) in [7, 11) is 1.63. The van der Waals surface area contributed by atoms with Crippen LogP contribution in [0, 0.1) is 12.7 Å². The number of urea groups is 1. The average Bonchev–Trinajstić information content (AvgIpc) is 2.69. The highest BCUT2D eigenvalue weighted by Gasteiger charge is 2.23. The Balaban J connectivity index is 1.56. The first-order valence-electron chi connectivity index (χ1n) is 8.84. The number of carbonyl (C=O) groups is 1. The predicted molar refractivity (Wildman–Crippen MR) is 105 cm³/mol. The Morgan fingerprint density at radius 2 is 1.85 bits per heavy atom. The van der Waals surface area contributed by atoms with E-state index >= 15 is 0 Å². The van der Waals surface area contributed by atoms with Gasteiger partial charge in [-0.25, -0.2) is 9.18 Å². The molecule has 5 nitrogen and oxygen atoms in total. The number of nitrogens with zero attached hydrogens (tertiary/aromatic N) is 2. The normalized spacial score (nSPS) is 14.2. The molecule has 1 fully saturated rings. The number of anilines is 1. The number of piperazine rings is 1. The zero-order valence-corrected chi connectivity index (χ0v) is 16.2. The molecule has 27 heavy (non-hydrogen) atoms. The molecule has 0 aliphatic carbocycles. The molecule has 2 aromatic carbocycles. The largest absolute Gasteiger partial charge is 0.495 e. The molecular weight excluding hydrogens is 369 g/mol. The summed E-state index contributed by atoms with van der Waals surface area (Å²) in [6, 6.07) is 9.85. The average molecular weight is 392 g/mol. The lowest BCUT2D eigenvalue weighted by Crippen LogP contribution is -2.51. The Labute approximate surface area is 163 Å². The highest BCUT2D eigenvalue weighted by molar-refractivity contribution is 6.31. The van der Waals surface area contributed by atoms with E-state index in [2.05, 4.69) is 10.2 Å². The van der Waals surface area contributed by atoms with Crippen LogP contribution >= 0.6 is 11.6 Å². The molecule has 0 unspecified atom stereocenters. The van der Waals surface area contributed by atoms with E-state index in [1.165, 1.54) is 12.1 Å². The third-order valence-corrected chi connectivity index (χ3v) is 5.13. The summed E-state index contributed by atoms with van der Waals surface area (Å²) in [4.78, 5) is 16.4. The highest BCUT2D eigenvalue weighted by Crippen LogP contribution is 2.34. The van der Waals surface area contributed by atoms with E-state index in [0.717, 1.165) is 22.6 Å². The number of ether oxygens (including phenoxy) is 1. The van der Waals surface area contributed by atoms with Gasteiger partial charge in [-0.1, -0.05) is 23.7 Å². The summed E-state index contributed by atoms with van der Waals surface area (Å²) in [5, 5.41) is 3.56. The number of rotatable bonds is 4. The maximum atomic E-state index is 12.9. The second kappa shape index (κ2) is 8.48. The number of nitrogens with one attached hydrogen (secondary N) is 1. The van der Waals surface area contributed by atoms with Gasteiger partial charge in [0.15, 0.2) is 0 Å². The fourth-order valence-electron chi connectivity index (χ4n) is 3.10. The Hall–Kier alpha value is -2.47. The van der Waals surface area contributed by atoms with Crippen molar-refractivity contribution in [3.8, 4) is 5.75 Å². The van der Waals surface area contributed by atoms with Crippen LogP contribution in [0.1, 0.15) is 11.1 Å². The van der Waals surface area contributed by atoms with Crippen LogP contribution in [0.25, 0.3) is 0 Å². The fraction of sp³-hybridized carbons (Fsp3) is 0.350. The number of halogens is 2. The van der Waals surface area contributed by atoms with Crippen molar-refractivity contribution in [2.24, 2.45) is 0 Å². The standard InChI is InChI=1S/C20H23ClFN3O2/c1-14-11-18(19(27-2)12-17(14)21)24-7-9-25(10-8-24)20(26)23-13-15-3-5-16(22)6-4-15/h3-6,11-12H,7-10,13H2,1-2H3,(H,23,26). The molecular formula is C20H23ClFN3O2. The van der Waals surface area contributed by atoms with Crippen molar-refractivity contribution in [3.63, 3.8) is 0 Å². The van der Waals surface area contributed by atoms with Gasteiger partial charge < -0.3 is 19.9 Å². The van der Waals surface area contributed by atoms with Crippen molar-refractivity contribution >= 4 is 23.3 Å². The van der Waals surface area contributed by atoms with Gasteiger partial charge in [0.2, 0.25) is 0 Å². The van der Waals surface area contributed by atoms with Gasteiger partial charge in [-0.05, 0) is 36.2 Å². The molecule has 144 valence electrons. The molecule has 1 aliphatic rings. The third kappa shape index (κ3) is 4.63. The minimum absolute atomic E-state index is 0.113. The molecule has 1 N–H and O–H groups in total. The van der Waals surface area contributed by atoms with Crippen LogP contribution in [0.5, 0.6) is 5.75 Å². The van der Waals surface area contributed by atoms with Crippen LogP contribution in [0.4, 0.5) is 14.9 Å². The topological polar surface area (TPSA) is 44.8 Å². The molecule has 0 radical (unpaired) electrons. The predicted octanol–water partition coefficient (Wildman–Crippen LogP) is 3.83. The van der Waals surface area contributed by atoms with E-state index in [-0.39, 0.29) is 11.8 Å². The van der Waals surface area contributed by atoms with E-state index in [1.54, 1.807) is 24.1 Å². The van der Waals surface area contributed by atoms with Crippen LogP contribution < -0.4 is 15.0 Å². The van der Waals surface area contributed by atoms with Crippen molar-refractivity contribution < 1.29 is 13.9 Å². The molecule has 2 aromatic rings. The summed E-state index contributed by atoms with van der Waals surface area (Å²) in [5.74, 6) is 0.453. The number of hydrogen-bond donors (Lipinski definition) is 1. The van der Waals surface area contributed by atoms with Crippen LogP contribution in [-0.4, -0.2) is 44.2 Å². The summed E-state index contributed by atoms with van der Waals surface area (Å²) in [6.07, 6.45) is 0. The van der Waals surface area contributed by atoms with E-state index in [1.807, 2.05) is 19.1 Å². The van der Waals surface area contributed by atoms with Crippen molar-refractivity contribution in [1.29, 1.82) is 0 Å². The Kier molecular flexibility index (Phi) is 6.06. The van der Waals surface area contributed by atoms with Crippen molar-refractivity contribution in [3.05, 3.63) is 58.4 Å². The van der Waals surface area contributed by atoms with E-state index in [0.29, 0.717) is 37.7 Å². The van der Waals surface area contributed by atoms with Crippen molar-refractivity contribution in [2.75, 3.05) is 38.2 Å². The summed E-state index contributed by atoms with van der Waals surface area (Å²) >= 11 is 6.18. The lowest BCUT2D eigenvalue weighted by molar-refractivity contribution is 0.194. The van der Waals surface area contributed by atoms with Gasteiger partial charge in [0, 0.05) is 43.8 Å². The van der Waals surface area contributed by atoms with Gasteiger partial charge in [-0.15, -0.1) is 0 Å². The number of amides is 2. The number of hydrogen-bond acceptors (Lipinski definition) is 3.